The highest BCUT2D eigenvalue weighted by atomic mass is 16.5. The lowest BCUT2D eigenvalue weighted by Gasteiger charge is -2.35. The molecule has 0 aliphatic carbocycles. The number of pyridine rings is 1. The molecule has 2 aromatic carbocycles. The molecule has 0 radical (unpaired) electrons. The van der Waals surface area contributed by atoms with E-state index in [1.54, 1.807) is 32.4 Å². The van der Waals surface area contributed by atoms with Crippen LogP contribution in [0.25, 0.3) is 10.9 Å². The number of ether oxygens (including phenoxy) is 3. The number of carbonyl (C=O) groups excluding carboxylic acids is 1. The van der Waals surface area contributed by atoms with Crippen LogP contribution in [0.15, 0.2) is 48.5 Å². The van der Waals surface area contributed by atoms with Gasteiger partial charge in [-0.3, -0.25) is 4.79 Å². The van der Waals surface area contributed by atoms with Gasteiger partial charge in [-0.2, -0.15) is 0 Å². The van der Waals surface area contributed by atoms with E-state index in [2.05, 4.69) is 36.2 Å². The van der Waals surface area contributed by atoms with Crippen LogP contribution in [0, 0.1) is 11.8 Å². The van der Waals surface area contributed by atoms with Crippen LogP contribution < -0.4 is 24.4 Å². The Balaban J connectivity index is 1.49. The fourth-order valence-electron chi connectivity index (χ4n) is 4.48. The first kappa shape index (κ1) is 22.7. The minimum absolute atomic E-state index is 0.141. The molecule has 0 spiro atoms. The molecule has 1 aromatic heterocycles. The van der Waals surface area contributed by atoms with Crippen molar-refractivity contribution < 1.29 is 19.0 Å². The fraction of sp³-hybridized carbons (Fsp3) is 0.385. The number of anilines is 2. The number of nitrogens with zero attached hydrogens (tertiary/aromatic N) is 2. The second-order valence-electron chi connectivity index (χ2n) is 8.75. The highest BCUT2D eigenvalue weighted by Crippen LogP contribution is 2.31. The standard InChI is InChI=1S/C26H31N3O4/c1-17-12-18(2)15-29(14-17)24-11-8-19-6-5-7-22(26(19)28-24)33-16-25(30)27-21-10-9-20(31-3)13-23(21)32-4/h5-11,13,17-18H,12,14-16H2,1-4H3,(H,27,30). The molecule has 0 bridgehead atoms. The smallest absolute Gasteiger partial charge is 0.262 e. The summed E-state index contributed by atoms with van der Waals surface area (Å²) in [5.74, 6) is 3.69. The molecule has 174 valence electrons. The normalized spacial score (nSPS) is 18.1. The minimum atomic E-state index is -0.287. The van der Waals surface area contributed by atoms with Crippen LogP contribution in [-0.2, 0) is 4.79 Å². The summed E-state index contributed by atoms with van der Waals surface area (Å²) in [4.78, 5) is 19.8. The summed E-state index contributed by atoms with van der Waals surface area (Å²) in [6, 6.07) is 15.1. The average molecular weight is 450 g/mol. The molecule has 1 amide bonds. The second-order valence-corrected chi connectivity index (χ2v) is 8.75. The maximum absolute atomic E-state index is 12.6. The van der Waals surface area contributed by atoms with Gasteiger partial charge in [-0.25, -0.2) is 4.98 Å². The van der Waals surface area contributed by atoms with Crippen molar-refractivity contribution in [2.24, 2.45) is 11.8 Å². The molecule has 1 aliphatic rings. The summed E-state index contributed by atoms with van der Waals surface area (Å²) >= 11 is 0. The number of methoxy groups -OCH3 is 2. The van der Waals surface area contributed by atoms with Gasteiger partial charge in [0.25, 0.3) is 5.91 Å². The number of aromatic nitrogens is 1. The zero-order valence-corrected chi connectivity index (χ0v) is 19.6. The summed E-state index contributed by atoms with van der Waals surface area (Å²) in [6.07, 6.45) is 1.24. The zero-order valence-electron chi connectivity index (χ0n) is 19.6. The Bertz CT molecular complexity index is 1120. The topological polar surface area (TPSA) is 72.9 Å². The van der Waals surface area contributed by atoms with E-state index in [0.717, 1.165) is 29.8 Å². The van der Waals surface area contributed by atoms with E-state index in [1.807, 2.05) is 18.2 Å². The lowest BCUT2D eigenvalue weighted by atomic mass is 9.92. The predicted molar refractivity (Wildman–Crippen MR) is 131 cm³/mol. The largest absolute Gasteiger partial charge is 0.497 e. The van der Waals surface area contributed by atoms with Crippen molar-refractivity contribution in [1.29, 1.82) is 0 Å². The summed E-state index contributed by atoms with van der Waals surface area (Å²) in [5.41, 5.74) is 1.31. The maximum Gasteiger partial charge on any atom is 0.262 e. The number of nitrogens with one attached hydrogen (secondary N) is 1. The van der Waals surface area contributed by atoms with Crippen LogP contribution in [0.2, 0.25) is 0 Å². The molecule has 0 saturated carbocycles. The molecular weight excluding hydrogens is 418 g/mol. The molecule has 1 fully saturated rings. The zero-order chi connectivity index (χ0) is 23.4. The van der Waals surface area contributed by atoms with Gasteiger partial charge in [0.15, 0.2) is 6.61 Å². The number of carbonyl (C=O) groups is 1. The quantitative estimate of drug-likeness (QED) is 0.561. The van der Waals surface area contributed by atoms with Crippen molar-refractivity contribution >= 4 is 28.3 Å². The van der Waals surface area contributed by atoms with E-state index in [0.29, 0.717) is 34.8 Å². The Kier molecular flexibility index (Phi) is 6.87. The monoisotopic (exact) mass is 449 g/mol. The Morgan fingerprint density at radius 3 is 2.55 bits per heavy atom. The summed E-state index contributed by atoms with van der Waals surface area (Å²) < 4.78 is 16.4. The van der Waals surface area contributed by atoms with Gasteiger partial charge in [0.2, 0.25) is 0 Å². The van der Waals surface area contributed by atoms with E-state index in [-0.39, 0.29) is 12.5 Å². The van der Waals surface area contributed by atoms with Gasteiger partial charge in [0.05, 0.1) is 19.9 Å². The number of fused-ring (bicyclic) bond motifs is 1. The summed E-state index contributed by atoms with van der Waals surface area (Å²) in [5, 5.41) is 3.81. The van der Waals surface area contributed by atoms with Crippen LogP contribution in [0.4, 0.5) is 11.5 Å². The molecule has 4 rings (SSSR count). The average Bonchev–Trinajstić information content (AvgIpc) is 2.82. The molecule has 1 aliphatic heterocycles. The fourth-order valence-corrected chi connectivity index (χ4v) is 4.48. The number of amides is 1. The van der Waals surface area contributed by atoms with Gasteiger partial charge in [-0.05, 0) is 48.6 Å². The number of para-hydroxylation sites is 1. The van der Waals surface area contributed by atoms with Crippen LogP contribution in [0.3, 0.4) is 0 Å². The van der Waals surface area contributed by atoms with Gasteiger partial charge in [-0.15, -0.1) is 0 Å². The van der Waals surface area contributed by atoms with E-state index < -0.39 is 0 Å². The van der Waals surface area contributed by atoms with Gasteiger partial charge in [-0.1, -0.05) is 26.0 Å². The van der Waals surface area contributed by atoms with Crippen LogP contribution in [-0.4, -0.2) is 44.8 Å². The van der Waals surface area contributed by atoms with Crippen molar-refractivity contribution in [3.05, 3.63) is 48.5 Å². The van der Waals surface area contributed by atoms with E-state index in [4.69, 9.17) is 19.2 Å². The molecule has 2 unspecified atom stereocenters. The van der Waals surface area contributed by atoms with Gasteiger partial charge in [0, 0.05) is 24.5 Å². The van der Waals surface area contributed by atoms with Crippen LogP contribution >= 0.6 is 0 Å². The van der Waals surface area contributed by atoms with Crippen molar-refractivity contribution in [1.82, 2.24) is 4.98 Å². The first-order valence-electron chi connectivity index (χ1n) is 11.3. The van der Waals surface area contributed by atoms with Gasteiger partial charge in [0.1, 0.15) is 28.6 Å². The molecule has 1 saturated heterocycles. The molecule has 2 atom stereocenters. The number of piperidine rings is 1. The number of rotatable bonds is 7. The molecule has 7 heteroatoms. The Morgan fingerprint density at radius 1 is 1.03 bits per heavy atom. The first-order chi connectivity index (χ1) is 16.0. The molecule has 3 aromatic rings. The molecule has 2 heterocycles. The van der Waals surface area contributed by atoms with Crippen molar-refractivity contribution in [2.45, 2.75) is 20.3 Å². The van der Waals surface area contributed by atoms with Crippen molar-refractivity contribution in [2.75, 3.05) is 44.1 Å². The predicted octanol–water partition coefficient (Wildman–Crippen LogP) is 4.75. The second kappa shape index (κ2) is 9.98. The summed E-state index contributed by atoms with van der Waals surface area (Å²) in [7, 11) is 3.13. The van der Waals surface area contributed by atoms with Crippen molar-refractivity contribution in [3.63, 3.8) is 0 Å². The Labute approximate surface area is 194 Å². The van der Waals surface area contributed by atoms with E-state index >= 15 is 0 Å². The lowest BCUT2D eigenvalue weighted by molar-refractivity contribution is -0.118. The molecule has 1 N–H and O–H groups in total. The Hall–Kier alpha value is -3.48. The number of hydrogen-bond acceptors (Lipinski definition) is 6. The van der Waals surface area contributed by atoms with Gasteiger partial charge < -0.3 is 24.4 Å². The maximum atomic E-state index is 12.6. The third-order valence-electron chi connectivity index (χ3n) is 5.90. The van der Waals surface area contributed by atoms with Crippen LogP contribution in [0.5, 0.6) is 17.2 Å². The van der Waals surface area contributed by atoms with Crippen molar-refractivity contribution in [3.8, 4) is 17.2 Å². The summed E-state index contributed by atoms with van der Waals surface area (Å²) in [6.45, 7) is 6.43. The number of benzene rings is 2. The minimum Gasteiger partial charge on any atom is -0.497 e. The Morgan fingerprint density at radius 2 is 1.82 bits per heavy atom. The van der Waals surface area contributed by atoms with E-state index in [1.165, 1.54) is 6.42 Å². The first-order valence-corrected chi connectivity index (χ1v) is 11.3. The highest BCUT2D eigenvalue weighted by Gasteiger charge is 2.23. The molecular formula is C26H31N3O4. The number of hydrogen-bond donors (Lipinski definition) is 1. The van der Waals surface area contributed by atoms with E-state index in [9.17, 15) is 4.79 Å². The van der Waals surface area contributed by atoms with Gasteiger partial charge >= 0.3 is 0 Å². The third-order valence-corrected chi connectivity index (χ3v) is 5.90. The molecule has 7 nitrogen and oxygen atoms in total. The third kappa shape index (κ3) is 5.30. The van der Waals surface area contributed by atoms with Crippen LogP contribution in [0.1, 0.15) is 20.3 Å². The SMILES string of the molecule is COc1ccc(NC(=O)COc2cccc3ccc(N4CC(C)CC(C)C4)nc23)c(OC)c1. The molecule has 33 heavy (non-hydrogen) atoms. The lowest BCUT2D eigenvalue weighted by Crippen LogP contribution is -2.39. The highest BCUT2D eigenvalue weighted by molar-refractivity contribution is 5.94.